The average molecular weight is 193 g/mol. The van der Waals surface area contributed by atoms with Crippen molar-refractivity contribution in [2.45, 2.75) is 6.92 Å². The summed E-state index contributed by atoms with van der Waals surface area (Å²) in [5.41, 5.74) is 0.562. The Kier molecular flexibility index (Phi) is 1.94. The summed E-state index contributed by atoms with van der Waals surface area (Å²) in [6, 6.07) is 1.46. The first kappa shape index (κ1) is 8.12. The topological polar surface area (TPSA) is 58.6 Å². The monoisotopic (exact) mass is 193 g/mol. The summed E-state index contributed by atoms with van der Waals surface area (Å²) in [5, 5.41) is 2.58. The number of aromatic amines is 1. The van der Waals surface area contributed by atoms with E-state index in [0.717, 1.165) is 5.01 Å². The van der Waals surface area contributed by atoms with Crippen LogP contribution in [0.5, 0.6) is 0 Å². The summed E-state index contributed by atoms with van der Waals surface area (Å²) in [7, 11) is 0. The lowest BCUT2D eigenvalue weighted by molar-refractivity contribution is 1.07. The van der Waals surface area contributed by atoms with E-state index in [4.69, 9.17) is 0 Å². The Morgan fingerprint density at radius 1 is 1.54 bits per heavy atom. The van der Waals surface area contributed by atoms with Gasteiger partial charge in [-0.15, -0.1) is 11.3 Å². The first-order valence-corrected chi connectivity index (χ1v) is 4.61. The minimum absolute atomic E-state index is 0.141. The van der Waals surface area contributed by atoms with Gasteiger partial charge in [0.05, 0.1) is 0 Å². The van der Waals surface area contributed by atoms with E-state index in [2.05, 4.69) is 15.0 Å². The highest BCUT2D eigenvalue weighted by molar-refractivity contribution is 7.12. The smallest absolute Gasteiger partial charge is 0.251 e. The predicted molar refractivity (Wildman–Crippen MR) is 50.7 cm³/mol. The van der Waals surface area contributed by atoms with Crippen LogP contribution in [0, 0.1) is 6.92 Å². The van der Waals surface area contributed by atoms with E-state index in [-0.39, 0.29) is 5.56 Å². The molecule has 2 heterocycles. The van der Waals surface area contributed by atoms with Crippen molar-refractivity contribution in [3.05, 3.63) is 33.7 Å². The first-order chi connectivity index (χ1) is 6.25. The SMILES string of the molecule is Cc1cc(=O)[nH]c(-c2nccs2)n1. The van der Waals surface area contributed by atoms with Crippen molar-refractivity contribution in [2.75, 3.05) is 0 Å². The molecule has 0 amide bonds. The first-order valence-electron chi connectivity index (χ1n) is 3.73. The molecule has 0 aromatic carbocycles. The second-order valence-electron chi connectivity index (χ2n) is 2.57. The largest absolute Gasteiger partial charge is 0.304 e. The Morgan fingerprint density at radius 3 is 3.00 bits per heavy atom. The third kappa shape index (κ3) is 1.65. The van der Waals surface area contributed by atoms with Crippen molar-refractivity contribution >= 4 is 11.3 Å². The molecule has 0 radical (unpaired) electrons. The fourth-order valence-electron chi connectivity index (χ4n) is 1.02. The summed E-state index contributed by atoms with van der Waals surface area (Å²) in [6.07, 6.45) is 1.68. The molecule has 13 heavy (non-hydrogen) atoms. The third-order valence-electron chi connectivity index (χ3n) is 1.50. The molecule has 0 aliphatic carbocycles. The van der Waals surface area contributed by atoms with Crippen LogP contribution in [0.1, 0.15) is 5.69 Å². The van der Waals surface area contributed by atoms with E-state index in [0.29, 0.717) is 11.5 Å². The summed E-state index contributed by atoms with van der Waals surface area (Å²) in [4.78, 5) is 21.9. The van der Waals surface area contributed by atoms with Crippen LogP contribution in [0.2, 0.25) is 0 Å². The maximum atomic E-state index is 11.1. The summed E-state index contributed by atoms with van der Waals surface area (Å²) in [6.45, 7) is 1.78. The molecular weight excluding hydrogens is 186 g/mol. The molecular formula is C8H7N3OS. The molecule has 0 atom stereocenters. The molecule has 66 valence electrons. The number of aromatic nitrogens is 3. The highest BCUT2D eigenvalue weighted by Gasteiger charge is 2.03. The van der Waals surface area contributed by atoms with Gasteiger partial charge >= 0.3 is 0 Å². The molecule has 2 rings (SSSR count). The highest BCUT2D eigenvalue weighted by Crippen LogP contribution is 2.15. The summed E-state index contributed by atoms with van der Waals surface area (Å²) >= 11 is 1.45. The minimum Gasteiger partial charge on any atom is -0.304 e. The van der Waals surface area contributed by atoms with Gasteiger partial charge in [0.25, 0.3) is 5.56 Å². The van der Waals surface area contributed by atoms with Gasteiger partial charge in [0.2, 0.25) is 0 Å². The van der Waals surface area contributed by atoms with Gasteiger partial charge in [-0.1, -0.05) is 0 Å². The lowest BCUT2D eigenvalue weighted by atomic mass is 10.4. The fraction of sp³-hybridized carbons (Fsp3) is 0.125. The van der Waals surface area contributed by atoms with Crippen molar-refractivity contribution in [3.63, 3.8) is 0 Å². The number of aryl methyl sites for hydroxylation is 1. The van der Waals surface area contributed by atoms with E-state index >= 15 is 0 Å². The van der Waals surface area contributed by atoms with Crippen molar-refractivity contribution in [1.82, 2.24) is 15.0 Å². The van der Waals surface area contributed by atoms with Crippen molar-refractivity contribution in [1.29, 1.82) is 0 Å². The zero-order valence-corrected chi connectivity index (χ0v) is 7.76. The summed E-state index contributed by atoms with van der Waals surface area (Å²) < 4.78 is 0. The second-order valence-corrected chi connectivity index (χ2v) is 3.47. The van der Waals surface area contributed by atoms with Crippen LogP contribution in [0.4, 0.5) is 0 Å². The van der Waals surface area contributed by atoms with E-state index in [9.17, 15) is 4.79 Å². The Morgan fingerprint density at radius 2 is 2.38 bits per heavy atom. The molecule has 0 fully saturated rings. The number of nitrogens with one attached hydrogen (secondary N) is 1. The van der Waals surface area contributed by atoms with Crippen LogP contribution >= 0.6 is 11.3 Å². The van der Waals surface area contributed by atoms with E-state index < -0.39 is 0 Å². The molecule has 2 aromatic rings. The van der Waals surface area contributed by atoms with Crippen LogP contribution in [-0.4, -0.2) is 15.0 Å². The zero-order valence-electron chi connectivity index (χ0n) is 6.94. The number of hydrogen-bond donors (Lipinski definition) is 1. The van der Waals surface area contributed by atoms with Gasteiger partial charge < -0.3 is 4.98 Å². The van der Waals surface area contributed by atoms with Gasteiger partial charge in [-0.25, -0.2) is 9.97 Å². The van der Waals surface area contributed by atoms with Gasteiger partial charge in [-0.2, -0.15) is 0 Å². The van der Waals surface area contributed by atoms with Gasteiger partial charge in [0.1, 0.15) is 0 Å². The van der Waals surface area contributed by atoms with Crippen molar-refractivity contribution < 1.29 is 0 Å². The number of thiazole rings is 1. The molecule has 0 saturated carbocycles. The van der Waals surface area contributed by atoms with Crippen molar-refractivity contribution in [2.24, 2.45) is 0 Å². The van der Waals surface area contributed by atoms with Gasteiger partial charge in [-0.05, 0) is 6.92 Å². The van der Waals surface area contributed by atoms with Crippen molar-refractivity contribution in [3.8, 4) is 10.8 Å². The number of H-pyrrole nitrogens is 1. The lowest BCUT2D eigenvalue weighted by Crippen LogP contribution is -2.08. The maximum absolute atomic E-state index is 11.1. The molecule has 1 N–H and O–H groups in total. The number of rotatable bonds is 1. The molecule has 0 spiro atoms. The quantitative estimate of drug-likeness (QED) is 0.740. The molecule has 4 nitrogen and oxygen atoms in total. The molecule has 0 bridgehead atoms. The van der Waals surface area contributed by atoms with Gasteiger partial charge in [0.15, 0.2) is 10.8 Å². The molecule has 5 heteroatoms. The third-order valence-corrected chi connectivity index (χ3v) is 2.28. The second kappa shape index (κ2) is 3.10. The van der Waals surface area contributed by atoms with E-state index in [1.54, 1.807) is 13.1 Å². The standard InChI is InChI=1S/C8H7N3OS/c1-5-4-6(12)11-7(10-5)8-9-2-3-13-8/h2-4H,1H3,(H,10,11,12). The van der Waals surface area contributed by atoms with Crippen LogP contribution in [-0.2, 0) is 0 Å². The molecule has 0 aliphatic rings. The maximum Gasteiger partial charge on any atom is 0.251 e. The normalized spacial score (nSPS) is 10.2. The Balaban J connectivity index is 2.59. The van der Waals surface area contributed by atoms with E-state index in [1.165, 1.54) is 17.4 Å². The minimum atomic E-state index is -0.141. The Hall–Kier alpha value is -1.49. The predicted octanol–water partition coefficient (Wildman–Crippen LogP) is 1.20. The number of hydrogen-bond acceptors (Lipinski definition) is 4. The molecule has 2 aromatic heterocycles. The highest BCUT2D eigenvalue weighted by atomic mass is 32.1. The summed E-state index contributed by atoms with van der Waals surface area (Å²) in [5.74, 6) is 0.542. The zero-order chi connectivity index (χ0) is 9.26. The number of nitrogens with zero attached hydrogens (tertiary/aromatic N) is 2. The molecule has 0 saturated heterocycles. The average Bonchev–Trinajstić information content (AvgIpc) is 2.53. The van der Waals surface area contributed by atoms with Crippen LogP contribution < -0.4 is 5.56 Å². The van der Waals surface area contributed by atoms with E-state index in [1.807, 2.05) is 5.38 Å². The van der Waals surface area contributed by atoms with Crippen LogP contribution in [0.25, 0.3) is 10.8 Å². The van der Waals surface area contributed by atoms with Crippen LogP contribution in [0.3, 0.4) is 0 Å². The van der Waals surface area contributed by atoms with Crippen LogP contribution in [0.15, 0.2) is 22.4 Å². The molecule has 0 unspecified atom stereocenters. The van der Waals surface area contributed by atoms with Gasteiger partial charge in [-0.3, -0.25) is 4.79 Å². The fourth-order valence-corrected chi connectivity index (χ4v) is 1.60. The molecule has 0 aliphatic heterocycles. The lowest BCUT2D eigenvalue weighted by Gasteiger charge is -1.95. The Bertz CT molecular complexity index is 460. The van der Waals surface area contributed by atoms with Gasteiger partial charge in [0, 0.05) is 23.3 Å². The Labute approximate surface area is 78.3 Å².